The fourth-order valence-electron chi connectivity index (χ4n) is 1.42. The first kappa shape index (κ1) is 6.10. The van der Waals surface area contributed by atoms with Crippen LogP contribution in [0.3, 0.4) is 0 Å². The van der Waals surface area contributed by atoms with E-state index in [0.717, 1.165) is 6.54 Å². The number of nitrogens with zero attached hydrogens (tertiary/aromatic N) is 2. The van der Waals surface area contributed by atoms with E-state index in [2.05, 4.69) is 0 Å². The minimum absolute atomic E-state index is 0.602. The van der Waals surface area contributed by atoms with Crippen LogP contribution in [0.4, 0.5) is 0 Å². The molecule has 0 saturated carbocycles. The Hall–Kier alpha value is -0.630. The molecule has 4 nitrogen and oxygen atoms in total. The standard InChI is InChI=1S/C6H8N2O2/c7-3-5(9)6-4-8(6)1-2-10-6/h5,9H,1-2,4H2. The Labute approximate surface area is 58.6 Å². The maximum Gasteiger partial charge on any atom is 0.184 e. The maximum atomic E-state index is 9.13. The molecule has 0 aromatic carbocycles. The number of rotatable bonds is 1. The van der Waals surface area contributed by atoms with Gasteiger partial charge in [0.15, 0.2) is 11.8 Å². The van der Waals surface area contributed by atoms with Gasteiger partial charge in [-0.1, -0.05) is 0 Å². The lowest BCUT2D eigenvalue weighted by Gasteiger charge is -2.10. The molecule has 2 fully saturated rings. The second-order valence-corrected chi connectivity index (χ2v) is 2.65. The van der Waals surface area contributed by atoms with Crippen LogP contribution in [0, 0.1) is 11.3 Å². The Morgan fingerprint density at radius 3 is 3.00 bits per heavy atom. The number of hydrogen-bond acceptors (Lipinski definition) is 4. The largest absolute Gasteiger partial charge is 0.374 e. The Morgan fingerprint density at radius 2 is 2.60 bits per heavy atom. The Morgan fingerprint density at radius 1 is 1.80 bits per heavy atom. The minimum Gasteiger partial charge on any atom is -0.374 e. The van der Waals surface area contributed by atoms with Gasteiger partial charge in [-0.05, 0) is 0 Å². The second kappa shape index (κ2) is 1.70. The van der Waals surface area contributed by atoms with Crippen molar-refractivity contribution in [2.75, 3.05) is 19.7 Å². The summed E-state index contributed by atoms with van der Waals surface area (Å²) in [5.41, 5.74) is -0.602. The molecule has 2 heterocycles. The summed E-state index contributed by atoms with van der Waals surface area (Å²) in [6.45, 7) is 2.19. The van der Waals surface area contributed by atoms with Gasteiger partial charge in [0.25, 0.3) is 0 Å². The van der Waals surface area contributed by atoms with Crippen molar-refractivity contribution in [1.29, 1.82) is 5.26 Å². The average Bonchev–Trinajstić information content (AvgIpc) is 2.54. The molecule has 3 unspecified atom stereocenters. The summed E-state index contributed by atoms with van der Waals surface area (Å²) in [4.78, 5) is 1.96. The van der Waals surface area contributed by atoms with E-state index in [1.54, 1.807) is 6.07 Å². The molecule has 0 radical (unpaired) electrons. The first-order valence-electron chi connectivity index (χ1n) is 3.26. The van der Waals surface area contributed by atoms with E-state index >= 15 is 0 Å². The molecule has 0 spiro atoms. The van der Waals surface area contributed by atoms with Gasteiger partial charge in [-0.2, -0.15) is 5.26 Å². The van der Waals surface area contributed by atoms with E-state index in [9.17, 15) is 0 Å². The van der Waals surface area contributed by atoms with Crippen LogP contribution in [0.2, 0.25) is 0 Å². The van der Waals surface area contributed by atoms with E-state index in [4.69, 9.17) is 15.1 Å². The zero-order valence-electron chi connectivity index (χ0n) is 5.45. The van der Waals surface area contributed by atoms with E-state index in [1.165, 1.54) is 0 Å². The van der Waals surface area contributed by atoms with Crippen molar-refractivity contribution in [2.45, 2.75) is 11.8 Å². The van der Waals surface area contributed by atoms with E-state index < -0.39 is 11.8 Å². The molecule has 2 rings (SSSR count). The molecule has 54 valence electrons. The number of ether oxygens (including phenoxy) is 1. The number of fused-ring (bicyclic) bond motifs is 1. The SMILES string of the molecule is N#CC(O)C12CN1CCO2. The summed E-state index contributed by atoms with van der Waals surface area (Å²) in [5, 5.41) is 17.5. The quantitative estimate of drug-likeness (QED) is 0.371. The Bertz CT molecular complexity index is 200. The summed E-state index contributed by atoms with van der Waals surface area (Å²) in [7, 11) is 0. The topological polar surface area (TPSA) is 56.3 Å². The Balaban J connectivity index is 2.12. The molecule has 2 aliphatic heterocycles. The number of aliphatic hydroxyl groups is 1. The zero-order chi connectivity index (χ0) is 7.19. The zero-order valence-corrected chi connectivity index (χ0v) is 5.45. The Kier molecular flexibility index (Phi) is 1.04. The van der Waals surface area contributed by atoms with Crippen LogP contribution in [0.1, 0.15) is 0 Å². The summed E-state index contributed by atoms with van der Waals surface area (Å²) in [6, 6.07) is 1.78. The van der Waals surface area contributed by atoms with Crippen LogP contribution in [-0.4, -0.2) is 41.5 Å². The molecule has 1 N–H and O–H groups in total. The third kappa shape index (κ3) is 0.548. The molecule has 4 heteroatoms. The molecule has 10 heavy (non-hydrogen) atoms. The molecule has 0 aromatic rings. The maximum absolute atomic E-state index is 9.13. The van der Waals surface area contributed by atoms with E-state index in [0.29, 0.717) is 13.2 Å². The van der Waals surface area contributed by atoms with Gasteiger partial charge in [0.2, 0.25) is 0 Å². The van der Waals surface area contributed by atoms with Crippen molar-refractivity contribution in [3.05, 3.63) is 0 Å². The van der Waals surface area contributed by atoms with Crippen molar-refractivity contribution in [2.24, 2.45) is 0 Å². The van der Waals surface area contributed by atoms with E-state index in [1.807, 2.05) is 4.90 Å². The molecule has 0 aromatic heterocycles. The van der Waals surface area contributed by atoms with Crippen LogP contribution >= 0.6 is 0 Å². The molecule has 0 bridgehead atoms. The third-order valence-corrected chi connectivity index (χ3v) is 2.11. The van der Waals surface area contributed by atoms with E-state index in [-0.39, 0.29) is 0 Å². The van der Waals surface area contributed by atoms with Crippen LogP contribution in [0.25, 0.3) is 0 Å². The van der Waals surface area contributed by atoms with Gasteiger partial charge in [-0.15, -0.1) is 0 Å². The highest BCUT2D eigenvalue weighted by Gasteiger charge is 2.62. The molecular weight excluding hydrogens is 132 g/mol. The van der Waals surface area contributed by atoms with Gasteiger partial charge < -0.3 is 9.84 Å². The molecular formula is C6H8N2O2. The molecule has 0 amide bonds. The number of aliphatic hydroxyl groups excluding tert-OH is 1. The summed E-state index contributed by atoms with van der Waals surface area (Å²) < 4.78 is 5.22. The van der Waals surface area contributed by atoms with Gasteiger partial charge >= 0.3 is 0 Å². The highest BCUT2D eigenvalue weighted by Crippen LogP contribution is 2.40. The predicted molar refractivity (Wildman–Crippen MR) is 31.9 cm³/mol. The van der Waals surface area contributed by atoms with Crippen molar-refractivity contribution in [1.82, 2.24) is 4.90 Å². The molecule has 0 aliphatic carbocycles. The lowest BCUT2D eigenvalue weighted by atomic mass is 10.2. The van der Waals surface area contributed by atoms with Crippen LogP contribution in [0.15, 0.2) is 0 Å². The summed E-state index contributed by atoms with van der Waals surface area (Å²) >= 11 is 0. The smallest absolute Gasteiger partial charge is 0.184 e. The number of morpholine rings is 1. The monoisotopic (exact) mass is 140 g/mol. The highest BCUT2D eigenvalue weighted by molar-refractivity contribution is 5.14. The number of nitriles is 1. The first-order chi connectivity index (χ1) is 4.79. The van der Waals surface area contributed by atoms with Crippen LogP contribution < -0.4 is 0 Å². The van der Waals surface area contributed by atoms with Gasteiger partial charge in [0.1, 0.15) is 0 Å². The third-order valence-electron chi connectivity index (χ3n) is 2.11. The fourth-order valence-corrected chi connectivity index (χ4v) is 1.42. The van der Waals surface area contributed by atoms with Crippen molar-refractivity contribution >= 4 is 0 Å². The summed E-state index contributed by atoms with van der Waals surface area (Å²) in [5.74, 6) is 0. The fraction of sp³-hybridized carbons (Fsp3) is 0.833. The van der Waals surface area contributed by atoms with Gasteiger partial charge in [-0.3, -0.25) is 4.90 Å². The lowest BCUT2D eigenvalue weighted by molar-refractivity contribution is -0.0190. The van der Waals surface area contributed by atoms with Gasteiger partial charge in [0.05, 0.1) is 12.7 Å². The molecule has 2 saturated heterocycles. The molecule has 3 atom stereocenters. The lowest BCUT2D eigenvalue weighted by Crippen LogP contribution is -2.31. The predicted octanol–water partition coefficient (Wildman–Crippen LogP) is -1.09. The average molecular weight is 140 g/mol. The normalized spacial score (nSPS) is 45.8. The van der Waals surface area contributed by atoms with Crippen molar-refractivity contribution < 1.29 is 9.84 Å². The van der Waals surface area contributed by atoms with Crippen LogP contribution in [-0.2, 0) is 4.74 Å². The number of hydrogen-bond donors (Lipinski definition) is 1. The molecule has 2 aliphatic rings. The second-order valence-electron chi connectivity index (χ2n) is 2.65. The van der Waals surface area contributed by atoms with Crippen molar-refractivity contribution in [3.63, 3.8) is 0 Å². The van der Waals surface area contributed by atoms with Crippen LogP contribution in [0.5, 0.6) is 0 Å². The van der Waals surface area contributed by atoms with Gasteiger partial charge in [-0.25, -0.2) is 0 Å². The highest BCUT2D eigenvalue weighted by atomic mass is 16.6. The first-order valence-corrected chi connectivity index (χ1v) is 3.26. The minimum atomic E-state index is -0.977. The van der Waals surface area contributed by atoms with Gasteiger partial charge in [0, 0.05) is 13.1 Å². The summed E-state index contributed by atoms with van der Waals surface area (Å²) in [6.07, 6.45) is -0.977. The van der Waals surface area contributed by atoms with Crippen molar-refractivity contribution in [3.8, 4) is 6.07 Å².